The Morgan fingerprint density at radius 1 is 1.33 bits per heavy atom. The molecule has 0 heterocycles. The van der Waals surface area contributed by atoms with E-state index in [1.807, 2.05) is 18.2 Å². The molecule has 0 saturated carbocycles. The molecule has 1 aromatic carbocycles. The molecule has 0 atom stereocenters. The summed E-state index contributed by atoms with van der Waals surface area (Å²) in [5.41, 5.74) is 3.75. The Balaban J connectivity index is 3.10. The van der Waals surface area contributed by atoms with Crippen molar-refractivity contribution in [2.45, 2.75) is 13.8 Å². The summed E-state index contributed by atoms with van der Waals surface area (Å²) in [4.78, 5) is 0. The Morgan fingerprint density at radius 3 is 2.58 bits per heavy atom. The Kier molecular flexibility index (Phi) is 2.81. The molecule has 0 aromatic heterocycles. The molecule has 2 N–H and O–H groups in total. The normalized spacial score (nSPS) is 11.3. The lowest BCUT2D eigenvalue weighted by Gasteiger charge is -2.03. The zero-order chi connectivity index (χ0) is 8.97. The van der Waals surface area contributed by atoms with Crippen LogP contribution in [-0.2, 0) is 0 Å². The van der Waals surface area contributed by atoms with Crippen molar-refractivity contribution >= 4 is 11.8 Å². The maximum absolute atomic E-state index is 5.32. The minimum Gasteiger partial charge on any atom is -0.260 e. The van der Waals surface area contributed by atoms with Crippen LogP contribution in [0.4, 0.5) is 0 Å². The molecule has 0 saturated heterocycles. The number of nitrogens with two attached hydrogens (primary N) is 1. The van der Waals surface area contributed by atoms with Gasteiger partial charge in [-0.25, -0.2) is 0 Å². The van der Waals surface area contributed by atoms with Crippen LogP contribution in [0, 0.1) is 6.92 Å². The maximum Gasteiger partial charge on any atom is 0.160 e. The van der Waals surface area contributed by atoms with Crippen LogP contribution in [0.1, 0.15) is 18.1 Å². The molecule has 1 rings (SSSR count). The lowest BCUT2D eigenvalue weighted by Crippen LogP contribution is -2.28. The number of hydrogen-bond acceptors (Lipinski definition) is 0. The van der Waals surface area contributed by atoms with E-state index in [2.05, 4.69) is 26.0 Å². The lowest BCUT2D eigenvalue weighted by molar-refractivity contribution is -0.104. The van der Waals surface area contributed by atoms with Crippen LogP contribution in [0.5, 0.6) is 0 Å². The molecule has 0 aliphatic carbocycles. The fraction of sp³-hybridized carbons (Fsp3) is 0.182. The fourth-order valence-corrected chi connectivity index (χ4v) is 1.25. The van der Waals surface area contributed by atoms with Gasteiger partial charge in [-0.3, -0.25) is 5.41 Å². The van der Waals surface area contributed by atoms with Crippen molar-refractivity contribution in [2.75, 3.05) is 0 Å². The number of allylic oxidation sites excluding steroid dienone is 2. The quantitative estimate of drug-likeness (QED) is 0.630. The van der Waals surface area contributed by atoms with Crippen molar-refractivity contribution in [3.8, 4) is 0 Å². The van der Waals surface area contributed by atoms with E-state index in [4.69, 9.17) is 5.41 Å². The highest BCUT2D eigenvalue weighted by atomic mass is 14.3. The van der Waals surface area contributed by atoms with Gasteiger partial charge >= 0.3 is 0 Å². The Bertz CT molecular complexity index is 311. The molecule has 0 bridgehead atoms. The summed E-state index contributed by atoms with van der Waals surface area (Å²) in [6.45, 7) is 4.16. The van der Waals surface area contributed by atoms with Gasteiger partial charge in [-0.15, -0.1) is 0 Å². The van der Waals surface area contributed by atoms with Crippen LogP contribution in [0.25, 0.3) is 5.57 Å². The first-order chi connectivity index (χ1) is 5.75. The number of rotatable bonds is 2. The first-order valence-corrected chi connectivity index (χ1v) is 4.03. The van der Waals surface area contributed by atoms with Crippen molar-refractivity contribution < 1.29 is 5.41 Å². The van der Waals surface area contributed by atoms with Gasteiger partial charge in [-0.2, -0.15) is 0 Å². The fourth-order valence-electron chi connectivity index (χ4n) is 1.25. The van der Waals surface area contributed by atoms with E-state index in [-0.39, 0.29) is 0 Å². The van der Waals surface area contributed by atoms with Crippen molar-refractivity contribution in [2.24, 2.45) is 0 Å². The minimum absolute atomic E-state index is 1.20. The first kappa shape index (κ1) is 8.72. The Labute approximate surface area is 73.3 Å². The van der Waals surface area contributed by atoms with Crippen LogP contribution in [-0.4, -0.2) is 6.21 Å². The van der Waals surface area contributed by atoms with Gasteiger partial charge in [0.1, 0.15) is 0 Å². The molecule has 62 valence electrons. The molecule has 0 amide bonds. The van der Waals surface area contributed by atoms with Crippen molar-refractivity contribution in [3.05, 3.63) is 41.5 Å². The van der Waals surface area contributed by atoms with Gasteiger partial charge in [-0.1, -0.05) is 24.3 Å². The SMILES string of the molecule is C/C(=C/C=[NH2+])c1ccccc1C. The summed E-state index contributed by atoms with van der Waals surface area (Å²) in [6, 6.07) is 8.28. The summed E-state index contributed by atoms with van der Waals surface area (Å²) in [6.07, 6.45) is 3.49. The van der Waals surface area contributed by atoms with Crippen LogP contribution < -0.4 is 5.41 Å². The highest BCUT2D eigenvalue weighted by Gasteiger charge is 1.97. The van der Waals surface area contributed by atoms with E-state index in [9.17, 15) is 0 Å². The average molecular weight is 160 g/mol. The smallest absolute Gasteiger partial charge is 0.160 e. The van der Waals surface area contributed by atoms with Gasteiger partial charge < -0.3 is 0 Å². The minimum atomic E-state index is 1.20. The number of benzene rings is 1. The third kappa shape index (κ3) is 1.82. The molecular weight excluding hydrogens is 146 g/mol. The summed E-state index contributed by atoms with van der Waals surface area (Å²) in [5.74, 6) is 0. The van der Waals surface area contributed by atoms with Crippen LogP contribution >= 0.6 is 0 Å². The van der Waals surface area contributed by atoms with E-state index in [0.29, 0.717) is 0 Å². The van der Waals surface area contributed by atoms with E-state index >= 15 is 0 Å². The highest BCUT2D eigenvalue weighted by molar-refractivity contribution is 5.81. The topological polar surface area (TPSA) is 25.6 Å². The molecule has 12 heavy (non-hydrogen) atoms. The molecule has 0 unspecified atom stereocenters. The summed E-state index contributed by atoms with van der Waals surface area (Å²) < 4.78 is 0. The van der Waals surface area contributed by atoms with Gasteiger partial charge in [0.15, 0.2) is 6.21 Å². The molecule has 0 aliphatic heterocycles. The van der Waals surface area contributed by atoms with Crippen LogP contribution in [0.3, 0.4) is 0 Å². The predicted molar refractivity (Wildman–Crippen MR) is 52.8 cm³/mol. The summed E-state index contributed by atoms with van der Waals surface area (Å²) >= 11 is 0. The Hall–Kier alpha value is -1.37. The molecule has 0 aliphatic rings. The van der Waals surface area contributed by atoms with Gasteiger partial charge in [0.25, 0.3) is 0 Å². The zero-order valence-corrected chi connectivity index (χ0v) is 7.54. The first-order valence-electron chi connectivity index (χ1n) is 4.03. The zero-order valence-electron chi connectivity index (χ0n) is 7.54. The van der Waals surface area contributed by atoms with Crippen LogP contribution in [0.15, 0.2) is 30.3 Å². The van der Waals surface area contributed by atoms with Crippen molar-refractivity contribution in [3.63, 3.8) is 0 Å². The van der Waals surface area contributed by atoms with Crippen molar-refractivity contribution in [1.82, 2.24) is 0 Å². The van der Waals surface area contributed by atoms with Gasteiger partial charge in [0.05, 0.1) is 0 Å². The molecular formula is C11H14N+. The summed E-state index contributed by atoms with van der Waals surface area (Å²) in [5, 5.41) is 5.32. The molecule has 0 radical (unpaired) electrons. The van der Waals surface area contributed by atoms with Gasteiger partial charge in [0.2, 0.25) is 0 Å². The maximum atomic E-state index is 5.32. The van der Waals surface area contributed by atoms with Gasteiger partial charge in [0, 0.05) is 6.08 Å². The molecule has 1 aromatic rings. The van der Waals surface area contributed by atoms with E-state index in [1.165, 1.54) is 16.7 Å². The number of hydrogen-bond donors (Lipinski definition) is 1. The molecule has 1 nitrogen and oxygen atoms in total. The third-order valence-electron chi connectivity index (χ3n) is 1.92. The van der Waals surface area contributed by atoms with E-state index < -0.39 is 0 Å². The van der Waals surface area contributed by atoms with E-state index in [1.54, 1.807) is 6.21 Å². The predicted octanol–water partition coefficient (Wildman–Crippen LogP) is 1.23. The van der Waals surface area contributed by atoms with Crippen molar-refractivity contribution in [1.29, 1.82) is 0 Å². The van der Waals surface area contributed by atoms with Gasteiger partial charge in [-0.05, 0) is 30.5 Å². The second-order valence-corrected chi connectivity index (χ2v) is 2.86. The lowest BCUT2D eigenvalue weighted by atomic mass is 10.0. The van der Waals surface area contributed by atoms with Crippen LogP contribution in [0.2, 0.25) is 0 Å². The number of aryl methyl sites for hydroxylation is 1. The average Bonchev–Trinajstić information content (AvgIpc) is 2.05. The van der Waals surface area contributed by atoms with E-state index in [0.717, 1.165) is 0 Å². The standard InChI is InChI=1S/C11H13N/c1-9-5-3-4-6-11(9)10(2)7-8-12/h3-8,12H,1-2H3/p+1/b10-7-,12-8?. The Morgan fingerprint density at radius 2 is 2.00 bits per heavy atom. The highest BCUT2D eigenvalue weighted by Crippen LogP contribution is 2.16. The molecule has 0 spiro atoms. The molecule has 0 fully saturated rings. The largest absolute Gasteiger partial charge is 0.260 e. The monoisotopic (exact) mass is 160 g/mol. The second kappa shape index (κ2) is 3.86. The third-order valence-corrected chi connectivity index (χ3v) is 1.92. The second-order valence-electron chi connectivity index (χ2n) is 2.86. The summed E-state index contributed by atoms with van der Waals surface area (Å²) in [7, 11) is 0. The molecule has 1 heteroatoms.